The zero-order valence-corrected chi connectivity index (χ0v) is 22.0. The van der Waals surface area contributed by atoms with Crippen LogP contribution in [-0.4, -0.2) is 12.6 Å². The molecule has 0 bridgehead atoms. The van der Waals surface area contributed by atoms with E-state index in [9.17, 15) is 4.79 Å². The lowest BCUT2D eigenvalue weighted by atomic mass is 9.95. The van der Waals surface area contributed by atoms with Crippen molar-refractivity contribution >= 4 is 5.97 Å². The minimum Gasteiger partial charge on any atom is -0.465 e. The Balaban J connectivity index is 3.95. The van der Waals surface area contributed by atoms with E-state index in [1.807, 2.05) is 0 Å². The molecule has 2 heteroatoms. The van der Waals surface area contributed by atoms with E-state index in [1.165, 1.54) is 122 Å². The van der Waals surface area contributed by atoms with E-state index < -0.39 is 0 Å². The highest BCUT2D eigenvalue weighted by Gasteiger charge is 2.17. The summed E-state index contributed by atoms with van der Waals surface area (Å²) >= 11 is 0. The van der Waals surface area contributed by atoms with Gasteiger partial charge in [0.2, 0.25) is 0 Å². The number of carbonyl (C=O) groups is 1. The molecule has 2 atom stereocenters. The van der Waals surface area contributed by atoms with Crippen molar-refractivity contribution in [2.45, 2.75) is 163 Å². The van der Waals surface area contributed by atoms with Gasteiger partial charge < -0.3 is 4.74 Å². The smallest absolute Gasteiger partial charge is 0.308 e. The van der Waals surface area contributed by atoms with Gasteiger partial charge in [-0.1, -0.05) is 143 Å². The first-order valence-corrected chi connectivity index (χ1v) is 14.3. The van der Waals surface area contributed by atoms with E-state index in [2.05, 4.69) is 27.7 Å². The molecule has 2 nitrogen and oxygen atoms in total. The molecule has 0 saturated carbocycles. The van der Waals surface area contributed by atoms with E-state index in [4.69, 9.17) is 4.74 Å². The lowest BCUT2D eigenvalue weighted by molar-refractivity contribution is -0.149. The quantitative estimate of drug-likeness (QED) is 0.111. The monoisotopic (exact) mass is 438 g/mol. The largest absolute Gasteiger partial charge is 0.465 e. The van der Waals surface area contributed by atoms with Crippen LogP contribution < -0.4 is 0 Å². The third-order valence-electron chi connectivity index (χ3n) is 6.79. The summed E-state index contributed by atoms with van der Waals surface area (Å²) < 4.78 is 5.78. The van der Waals surface area contributed by atoms with Gasteiger partial charge >= 0.3 is 5.97 Å². The summed E-state index contributed by atoms with van der Waals surface area (Å²) in [5.74, 6) is 0.676. The number of carbonyl (C=O) groups excluding carboxylic acids is 1. The molecule has 0 aliphatic carbocycles. The van der Waals surface area contributed by atoms with Crippen LogP contribution in [0, 0.1) is 11.8 Å². The number of hydrogen-bond donors (Lipinski definition) is 0. The topological polar surface area (TPSA) is 26.3 Å². The lowest BCUT2D eigenvalue weighted by Crippen LogP contribution is -2.19. The van der Waals surface area contributed by atoms with Crippen LogP contribution in [0.4, 0.5) is 0 Å². The minimum absolute atomic E-state index is 0.0408. The average Bonchev–Trinajstić information content (AvgIpc) is 2.77. The van der Waals surface area contributed by atoms with Crippen molar-refractivity contribution in [1.82, 2.24) is 0 Å². The summed E-state index contributed by atoms with van der Waals surface area (Å²) in [5.41, 5.74) is 0. The van der Waals surface area contributed by atoms with Gasteiger partial charge in [0.25, 0.3) is 0 Å². The Morgan fingerprint density at radius 3 is 1.39 bits per heavy atom. The molecule has 0 aromatic rings. The molecule has 0 spiro atoms. The van der Waals surface area contributed by atoms with Crippen molar-refractivity contribution in [2.24, 2.45) is 11.8 Å². The molecule has 31 heavy (non-hydrogen) atoms. The third-order valence-corrected chi connectivity index (χ3v) is 6.79. The maximum atomic E-state index is 12.4. The Hall–Kier alpha value is -0.530. The molecule has 0 aromatic carbocycles. The van der Waals surface area contributed by atoms with Gasteiger partial charge in [-0.2, -0.15) is 0 Å². The number of rotatable bonds is 24. The molecule has 0 saturated heterocycles. The van der Waals surface area contributed by atoms with Crippen LogP contribution in [0.15, 0.2) is 0 Å². The van der Waals surface area contributed by atoms with Crippen LogP contribution in [0.1, 0.15) is 163 Å². The molecule has 186 valence electrons. The van der Waals surface area contributed by atoms with Crippen molar-refractivity contribution < 1.29 is 9.53 Å². The van der Waals surface area contributed by atoms with Crippen LogP contribution in [0.25, 0.3) is 0 Å². The van der Waals surface area contributed by atoms with E-state index in [-0.39, 0.29) is 11.9 Å². The van der Waals surface area contributed by atoms with Gasteiger partial charge in [-0.3, -0.25) is 4.79 Å². The van der Waals surface area contributed by atoms with E-state index in [0.29, 0.717) is 12.5 Å². The summed E-state index contributed by atoms with van der Waals surface area (Å²) in [4.78, 5) is 12.4. The Morgan fingerprint density at radius 2 is 0.903 bits per heavy atom. The van der Waals surface area contributed by atoms with Gasteiger partial charge in [0, 0.05) is 0 Å². The second kappa shape index (κ2) is 24.1. The Labute approximate surface area is 196 Å². The van der Waals surface area contributed by atoms with Gasteiger partial charge in [-0.05, 0) is 25.2 Å². The number of unbranched alkanes of at least 4 members (excludes halogenated alkanes) is 15. The van der Waals surface area contributed by atoms with Gasteiger partial charge in [0.1, 0.15) is 0 Å². The van der Waals surface area contributed by atoms with E-state index in [0.717, 1.165) is 12.8 Å². The maximum absolute atomic E-state index is 12.4. The van der Waals surface area contributed by atoms with Gasteiger partial charge in [0.15, 0.2) is 0 Å². The first-order valence-electron chi connectivity index (χ1n) is 14.3. The summed E-state index contributed by atoms with van der Waals surface area (Å²) in [6, 6.07) is 0. The van der Waals surface area contributed by atoms with Crippen LogP contribution in [0.3, 0.4) is 0 Å². The molecule has 2 unspecified atom stereocenters. The zero-order valence-electron chi connectivity index (χ0n) is 22.0. The summed E-state index contributed by atoms with van der Waals surface area (Å²) in [7, 11) is 0. The Bertz CT molecular complexity index is 366. The second-order valence-electron chi connectivity index (χ2n) is 10.1. The minimum atomic E-state index is 0.0408. The normalized spacial score (nSPS) is 13.3. The lowest BCUT2D eigenvalue weighted by Gasteiger charge is -2.19. The Kier molecular flexibility index (Phi) is 23.7. The summed E-state index contributed by atoms with van der Waals surface area (Å²) in [5, 5.41) is 0. The first-order chi connectivity index (χ1) is 15.2. The second-order valence-corrected chi connectivity index (χ2v) is 10.1. The molecular formula is C29H58O2. The van der Waals surface area contributed by atoms with E-state index >= 15 is 0 Å². The SMILES string of the molecule is CCCCCCCCCCCCC(CCCCC)COC(=O)C(C)CCCCCCC. The van der Waals surface area contributed by atoms with Crippen LogP contribution >= 0.6 is 0 Å². The van der Waals surface area contributed by atoms with Crippen molar-refractivity contribution in [3.05, 3.63) is 0 Å². The number of ether oxygens (including phenoxy) is 1. The van der Waals surface area contributed by atoms with Crippen LogP contribution in [0.5, 0.6) is 0 Å². The zero-order chi connectivity index (χ0) is 23.0. The molecule has 0 aliphatic rings. The summed E-state index contributed by atoms with van der Waals surface area (Å²) in [6.45, 7) is 9.50. The molecule has 0 heterocycles. The number of hydrogen-bond acceptors (Lipinski definition) is 2. The Morgan fingerprint density at radius 1 is 0.548 bits per heavy atom. The number of esters is 1. The van der Waals surface area contributed by atoms with Crippen molar-refractivity contribution in [3.63, 3.8) is 0 Å². The van der Waals surface area contributed by atoms with Gasteiger partial charge in [-0.15, -0.1) is 0 Å². The predicted molar refractivity (Wildman–Crippen MR) is 138 cm³/mol. The third kappa shape index (κ3) is 21.1. The molecule has 0 N–H and O–H groups in total. The van der Waals surface area contributed by atoms with E-state index in [1.54, 1.807) is 0 Å². The average molecular weight is 439 g/mol. The molecule has 0 aliphatic heterocycles. The molecular weight excluding hydrogens is 380 g/mol. The molecule has 0 rings (SSSR count). The van der Waals surface area contributed by atoms with Gasteiger partial charge in [-0.25, -0.2) is 0 Å². The molecule has 0 amide bonds. The molecule has 0 radical (unpaired) electrons. The van der Waals surface area contributed by atoms with Crippen molar-refractivity contribution in [3.8, 4) is 0 Å². The fourth-order valence-corrected chi connectivity index (χ4v) is 4.43. The summed E-state index contributed by atoms with van der Waals surface area (Å²) in [6.07, 6.45) is 27.5. The molecule has 0 fully saturated rings. The highest BCUT2D eigenvalue weighted by atomic mass is 16.5. The standard InChI is InChI=1S/C29H58O2/c1-5-8-11-13-14-15-16-17-19-22-25-28(24-20-10-7-3)26-31-29(30)27(4)23-21-18-12-9-6-2/h27-28H,5-26H2,1-4H3. The maximum Gasteiger partial charge on any atom is 0.308 e. The highest BCUT2D eigenvalue weighted by Crippen LogP contribution is 2.21. The van der Waals surface area contributed by atoms with Crippen molar-refractivity contribution in [1.29, 1.82) is 0 Å². The van der Waals surface area contributed by atoms with Crippen molar-refractivity contribution in [2.75, 3.05) is 6.61 Å². The molecule has 0 aromatic heterocycles. The first kappa shape index (κ1) is 30.5. The van der Waals surface area contributed by atoms with Crippen LogP contribution in [-0.2, 0) is 9.53 Å². The highest BCUT2D eigenvalue weighted by molar-refractivity contribution is 5.71. The predicted octanol–water partition coefficient (Wildman–Crippen LogP) is 10.0. The fourth-order valence-electron chi connectivity index (χ4n) is 4.43. The van der Waals surface area contributed by atoms with Gasteiger partial charge in [0.05, 0.1) is 12.5 Å². The fraction of sp³-hybridized carbons (Fsp3) is 0.966. The van der Waals surface area contributed by atoms with Crippen LogP contribution in [0.2, 0.25) is 0 Å².